The Kier molecular flexibility index (Phi) is 3.48. The fraction of sp³-hybridized carbons (Fsp3) is 0.611. The molecule has 1 N–H and O–H groups in total. The maximum Gasteiger partial charge on any atom is 0.165 e. The Morgan fingerprint density at radius 1 is 1.22 bits per heavy atom. The summed E-state index contributed by atoms with van der Waals surface area (Å²) in [5.41, 5.74) is 2.48. The molecule has 0 spiro atoms. The number of aromatic nitrogens is 3. The van der Waals surface area contributed by atoms with E-state index in [9.17, 15) is 5.11 Å². The van der Waals surface area contributed by atoms with E-state index in [-0.39, 0.29) is 0 Å². The summed E-state index contributed by atoms with van der Waals surface area (Å²) < 4.78 is 0. The normalized spacial score (nSPS) is 28.0. The second-order valence-corrected chi connectivity index (χ2v) is 7.22. The molecule has 0 unspecified atom stereocenters. The van der Waals surface area contributed by atoms with Crippen molar-refractivity contribution in [2.45, 2.75) is 51.6 Å². The van der Waals surface area contributed by atoms with Crippen molar-refractivity contribution >= 4 is 16.9 Å². The fourth-order valence-electron chi connectivity index (χ4n) is 4.39. The number of nitrogens with zero attached hydrogens (tertiary/aromatic N) is 4. The van der Waals surface area contributed by atoms with Gasteiger partial charge in [-0.2, -0.15) is 0 Å². The molecule has 1 aliphatic carbocycles. The Morgan fingerprint density at radius 2 is 2.09 bits per heavy atom. The first-order chi connectivity index (χ1) is 11.1. The van der Waals surface area contributed by atoms with Crippen molar-refractivity contribution in [2.24, 2.45) is 5.92 Å². The van der Waals surface area contributed by atoms with E-state index in [0.717, 1.165) is 61.3 Å². The minimum Gasteiger partial charge on any atom is -0.389 e. The molecule has 4 rings (SSSR count). The molecular weight excluding hydrogens is 288 g/mol. The summed E-state index contributed by atoms with van der Waals surface area (Å²) in [5.74, 6) is 1.33. The molecule has 2 aliphatic rings. The van der Waals surface area contributed by atoms with Crippen LogP contribution in [0, 0.1) is 19.8 Å². The average Bonchev–Trinajstić information content (AvgIpc) is 2.53. The van der Waals surface area contributed by atoms with Crippen LogP contribution in [0.5, 0.6) is 0 Å². The lowest BCUT2D eigenvalue weighted by atomic mass is 9.71. The highest BCUT2D eigenvalue weighted by Gasteiger charge is 2.43. The van der Waals surface area contributed by atoms with E-state index in [1.807, 2.05) is 6.92 Å². The molecule has 5 nitrogen and oxygen atoms in total. The second kappa shape index (κ2) is 5.41. The number of hydrogen-bond donors (Lipinski definition) is 1. The predicted molar refractivity (Wildman–Crippen MR) is 90.5 cm³/mol. The number of aliphatic hydroxyl groups is 1. The Labute approximate surface area is 136 Å². The third kappa shape index (κ3) is 2.47. The van der Waals surface area contributed by atoms with Crippen molar-refractivity contribution in [2.75, 3.05) is 18.0 Å². The van der Waals surface area contributed by atoms with E-state index in [1.54, 1.807) is 6.33 Å². The highest BCUT2D eigenvalue weighted by molar-refractivity contribution is 5.90. The highest BCUT2D eigenvalue weighted by Crippen LogP contribution is 2.41. The van der Waals surface area contributed by atoms with Gasteiger partial charge in [-0.15, -0.1) is 0 Å². The summed E-state index contributed by atoms with van der Waals surface area (Å²) in [6, 6.07) is 2.09. The van der Waals surface area contributed by atoms with E-state index in [2.05, 4.69) is 32.8 Å². The van der Waals surface area contributed by atoms with Gasteiger partial charge < -0.3 is 10.0 Å². The van der Waals surface area contributed by atoms with Crippen molar-refractivity contribution in [3.63, 3.8) is 0 Å². The molecule has 0 amide bonds. The lowest BCUT2D eigenvalue weighted by Gasteiger charge is -2.47. The van der Waals surface area contributed by atoms with Crippen molar-refractivity contribution in [3.8, 4) is 0 Å². The van der Waals surface area contributed by atoms with Crippen LogP contribution in [0.1, 0.15) is 43.4 Å². The first kappa shape index (κ1) is 14.8. The molecule has 0 aromatic carbocycles. The topological polar surface area (TPSA) is 62.1 Å². The Hall–Kier alpha value is -1.75. The quantitative estimate of drug-likeness (QED) is 0.877. The van der Waals surface area contributed by atoms with Gasteiger partial charge in [0.25, 0.3) is 0 Å². The third-order valence-electron chi connectivity index (χ3n) is 5.64. The van der Waals surface area contributed by atoms with Gasteiger partial charge >= 0.3 is 0 Å². The molecule has 3 heterocycles. The summed E-state index contributed by atoms with van der Waals surface area (Å²) in [4.78, 5) is 15.8. The highest BCUT2D eigenvalue weighted by atomic mass is 16.3. The molecule has 0 bridgehead atoms. The summed E-state index contributed by atoms with van der Waals surface area (Å²) in [5, 5.41) is 11.9. The largest absolute Gasteiger partial charge is 0.389 e. The number of rotatable bonds is 1. The van der Waals surface area contributed by atoms with Gasteiger partial charge in [0.2, 0.25) is 0 Å². The van der Waals surface area contributed by atoms with E-state index in [1.165, 1.54) is 12.0 Å². The van der Waals surface area contributed by atoms with Crippen molar-refractivity contribution < 1.29 is 5.11 Å². The van der Waals surface area contributed by atoms with Gasteiger partial charge in [-0.3, -0.25) is 0 Å². The van der Waals surface area contributed by atoms with Crippen LogP contribution in [0.3, 0.4) is 0 Å². The molecular formula is C18H24N4O. The van der Waals surface area contributed by atoms with Gasteiger partial charge in [-0.05, 0) is 44.7 Å². The lowest BCUT2D eigenvalue weighted by molar-refractivity contribution is -0.0613. The predicted octanol–water partition coefficient (Wildman–Crippen LogP) is 2.77. The zero-order chi connectivity index (χ0) is 16.0. The van der Waals surface area contributed by atoms with Gasteiger partial charge in [0.1, 0.15) is 12.1 Å². The molecule has 2 fully saturated rings. The SMILES string of the molecule is Cc1cc(C)c2c(N3CC[C@@]4(O)CCCC[C@H]4C3)ncnc2n1. The number of pyridine rings is 1. The van der Waals surface area contributed by atoms with Crippen molar-refractivity contribution in [1.82, 2.24) is 15.0 Å². The van der Waals surface area contributed by atoms with Crippen LogP contribution in [0.4, 0.5) is 5.82 Å². The van der Waals surface area contributed by atoms with Crippen LogP contribution in [0.15, 0.2) is 12.4 Å². The molecule has 1 saturated carbocycles. The van der Waals surface area contributed by atoms with E-state index < -0.39 is 5.60 Å². The Morgan fingerprint density at radius 3 is 2.96 bits per heavy atom. The molecule has 2 atom stereocenters. The van der Waals surface area contributed by atoms with Gasteiger partial charge in [0, 0.05) is 24.7 Å². The molecule has 23 heavy (non-hydrogen) atoms. The number of fused-ring (bicyclic) bond motifs is 2. The Bertz CT molecular complexity index is 747. The van der Waals surface area contributed by atoms with E-state index in [0.29, 0.717) is 5.92 Å². The molecule has 2 aromatic heterocycles. The zero-order valence-electron chi connectivity index (χ0n) is 13.9. The Balaban J connectivity index is 1.73. The number of aryl methyl sites for hydroxylation is 2. The minimum absolute atomic E-state index is 0.355. The number of anilines is 1. The third-order valence-corrected chi connectivity index (χ3v) is 5.64. The molecule has 5 heteroatoms. The lowest BCUT2D eigenvalue weighted by Crippen LogP contribution is -2.53. The van der Waals surface area contributed by atoms with Crippen LogP contribution in [0.2, 0.25) is 0 Å². The fourth-order valence-corrected chi connectivity index (χ4v) is 4.39. The summed E-state index contributed by atoms with van der Waals surface area (Å²) >= 11 is 0. The van der Waals surface area contributed by atoms with Crippen LogP contribution in [-0.4, -0.2) is 38.7 Å². The van der Waals surface area contributed by atoms with Crippen LogP contribution in [-0.2, 0) is 0 Å². The maximum atomic E-state index is 10.9. The maximum absolute atomic E-state index is 10.9. The summed E-state index contributed by atoms with van der Waals surface area (Å²) in [6.07, 6.45) is 6.91. The standard InChI is InChI=1S/C18H24N4O/c1-12-9-13(2)21-16-15(12)17(20-11-19-16)22-8-7-18(23)6-4-3-5-14(18)10-22/h9,11,14,23H,3-8,10H2,1-2H3/t14-,18-/m0/s1. The van der Waals surface area contributed by atoms with E-state index in [4.69, 9.17) is 0 Å². The van der Waals surface area contributed by atoms with E-state index >= 15 is 0 Å². The smallest absolute Gasteiger partial charge is 0.165 e. The second-order valence-electron chi connectivity index (χ2n) is 7.22. The van der Waals surface area contributed by atoms with Crippen LogP contribution >= 0.6 is 0 Å². The minimum atomic E-state index is -0.457. The van der Waals surface area contributed by atoms with Gasteiger partial charge in [-0.1, -0.05) is 12.8 Å². The van der Waals surface area contributed by atoms with Crippen molar-refractivity contribution in [1.29, 1.82) is 0 Å². The van der Waals surface area contributed by atoms with Gasteiger partial charge in [0.05, 0.1) is 11.0 Å². The van der Waals surface area contributed by atoms with Crippen LogP contribution < -0.4 is 4.90 Å². The summed E-state index contributed by atoms with van der Waals surface area (Å²) in [6.45, 7) is 5.84. The zero-order valence-corrected chi connectivity index (χ0v) is 13.9. The molecule has 1 saturated heterocycles. The van der Waals surface area contributed by atoms with Gasteiger partial charge in [-0.25, -0.2) is 15.0 Å². The molecule has 1 aliphatic heterocycles. The summed E-state index contributed by atoms with van der Waals surface area (Å²) in [7, 11) is 0. The first-order valence-electron chi connectivity index (χ1n) is 8.63. The average molecular weight is 312 g/mol. The monoisotopic (exact) mass is 312 g/mol. The molecule has 0 radical (unpaired) electrons. The first-order valence-corrected chi connectivity index (χ1v) is 8.63. The molecule has 122 valence electrons. The van der Waals surface area contributed by atoms with Crippen molar-refractivity contribution in [3.05, 3.63) is 23.7 Å². The van der Waals surface area contributed by atoms with Gasteiger partial charge in [0.15, 0.2) is 5.65 Å². The van der Waals surface area contributed by atoms with Crippen LogP contribution in [0.25, 0.3) is 11.0 Å². The molecule has 2 aromatic rings. The number of hydrogen-bond acceptors (Lipinski definition) is 5. The number of piperidine rings is 1.